The Hall–Kier alpha value is -3.89. The van der Waals surface area contributed by atoms with Gasteiger partial charge in [0.05, 0.1) is 23.5 Å². The monoisotopic (exact) mass is 451 g/mol. The van der Waals surface area contributed by atoms with Crippen LogP contribution in [0.3, 0.4) is 0 Å². The fraction of sp³-hybridized carbons (Fsp3) is 0.296. The van der Waals surface area contributed by atoms with Gasteiger partial charge >= 0.3 is 0 Å². The van der Waals surface area contributed by atoms with Crippen molar-refractivity contribution in [2.24, 2.45) is 0 Å². The fourth-order valence-corrected chi connectivity index (χ4v) is 4.53. The highest BCUT2D eigenvalue weighted by atomic mass is 15.3. The Labute approximate surface area is 200 Å². The van der Waals surface area contributed by atoms with E-state index in [0.717, 1.165) is 66.2 Å². The van der Waals surface area contributed by atoms with Crippen LogP contribution in [0.4, 0.5) is 17.3 Å². The van der Waals surface area contributed by atoms with Gasteiger partial charge in [0.2, 0.25) is 5.95 Å². The number of hydrogen-bond donors (Lipinski definition) is 1. The zero-order chi connectivity index (χ0) is 23.5. The maximum atomic E-state index is 8.93. The lowest BCUT2D eigenvalue weighted by atomic mass is 10.0. The molecule has 5 rings (SSSR count). The van der Waals surface area contributed by atoms with E-state index >= 15 is 0 Å². The van der Waals surface area contributed by atoms with Crippen molar-refractivity contribution in [1.29, 1.82) is 5.26 Å². The van der Waals surface area contributed by atoms with Gasteiger partial charge in [-0.2, -0.15) is 5.26 Å². The molecule has 0 bridgehead atoms. The van der Waals surface area contributed by atoms with Crippen molar-refractivity contribution < 1.29 is 0 Å². The Morgan fingerprint density at radius 3 is 2.59 bits per heavy atom. The highest BCUT2D eigenvalue weighted by molar-refractivity contribution is 5.71. The standard InChI is InChI=1S/C27H29N7/c1-20-17-25-19-29-27(30-23-8-10-24(11-9-23)33-15-13-32(2)14-16-33)31-34(25)26(20)22-7-3-5-21(18-22)6-4-12-28/h3,5,7-11,17-19H,4,6,13-16H2,1-2H3,(H,30,31). The van der Waals surface area contributed by atoms with E-state index in [1.807, 2.05) is 16.8 Å². The number of benzene rings is 2. The molecule has 0 aliphatic carbocycles. The molecule has 2 aromatic heterocycles. The van der Waals surface area contributed by atoms with E-state index in [2.05, 4.69) is 88.7 Å². The van der Waals surface area contributed by atoms with Crippen molar-refractivity contribution in [3.63, 3.8) is 0 Å². The molecule has 172 valence electrons. The number of nitriles is 1. The molecule has 0 amide bonds. The van der Waals surface area contributed by atoms with Crippen LogP contribution in [0.15, 0.2) is 60.8 Å². The van der Waals surface area contributed by atoms with Gasteiger partial charge in [0.25, 0.3) is 0 Å². The van der Waals surface area contributed by atoms with E-state index in [-0.39, 0.29) is 0 Å². The average Bonchev–Trinajstić information content (AvgIpc) is 3.19. The first kappa shape index (κ1) is 21.9. The minimum atomic E-state index is 0.515. The summed E-state index contributed by atoms with van der Waals surface area (Å²) in [5.74, 6) is 0.553. The zero-order valence-electron chi connectivity index (χ0n) is 19.7. The Balaban J connectivity index is 1.39. The summed E-state index contributed by atoms with van der Waals surface area (Å²) in [6.07, 6.45) is 3.11. The first-order valence-corrected chi connectivity index (χ1v) is 11.7. The summed E-state index contributed by atoms with van der Waals surface area (Å²) in [5, 5.41) is 17.1. The van der Waals surface area contributed by atoms with Crippen LogP contribution in [0.1, 0.15) is 17.5 Å². The molecule has 3 heterocycles. The van der Waals surface area contributed by atoms with Crippen molar-refractivity contribution >= 4 is 22.8 Å². The van der Waals surface area contributed by atoms with Crippen molar-refractivity contribution in [2.75, 3.05) is 43.4 Å². The number of anilines is 3. The largest absolute Gasteiger partial charge is 0.369 e. The third-order valence-corrected chi connectivity index (χ3v) is 6.43. The van der Waals surface area contributed by atoms with Crippen molar-refractivity contribution in [1.82, 2.24) is 19.5 Å². The number of aromatic nitrogens is 3. The Kier molecular flexibility index (Phi) is 6.15. The predicted molar refractivity (Wildman–Crippen MR) is 137 cm³/mol. The number of likely N-dealkylation sites (N-methyl/N-ethyl adjacent to an activating group) is 1. The van der Waals surface area contributed by atoms with E-state index in [1.165, 1.54) is 5.69 Å². The van der Waals surface area contributed by atoms with Gasteiger partial charge in [0.1, 0.15) is 0 Å². The summed E-state index contributed by atoms with van der Waals surface area (Å²) in [6.45, 7) is 6.38. The normalized spacial score (nSPS) is 14.3. The van der Waals surface area contributed by atoms with Crippen molar-refractivity contribution in [2.45, 2.75) is 19.8 Å². The molecule has 0 spiro atoms. The Bertz CT molecular complexity index is 1330. The average molecular weight is 452 g/mol. The van der Waals surface area contributed by atoms with Gasteiger partial charge in [0.15, 0.2) is 0 Å². The maximum absolute atomic E-state index is 8.93. The third-order valence-electron chi connectivity index (χ3n) is 6.43. The van der Waals surface area contributed by atoms with Gasteiger partial charge in [-0.3, -0.25) is 0 Å². The third kappa shape index (κ3) is 4.59. The van der Waals surface area contributed by atoms with Gasteiger partial charge in [-0.15, -0.1) is 5.10 Å². The smallest absolute Gasteiger partial charge is 0.245 e. The number of rotatable bonds is 6. The molecule has 7 heteroatoms. The highest BCUT2D eigenvalue weighted by Gasteiger charge is 2.15. The van der Waals surface area contributed by atoms with Crippen LogP contribution in [0.25, 0.3) is 16.8 Å². The number of hydrogen-bond acceptors (Lipinski definition) is 6. The number of piperazine rings is 1. The second-order valence-corrected chi connectivity index (χ2v) is 8.92. The molecular formula is C27H29N7. The van der Waals surface area contributed by atoms with Crippen LogP contribution >= 0.6 is 0 Å². The molecule has 0 unspecified atom stereocenters. The van der Waals surface area contributed by atoms with Gasteiger partial charge in [0, 0.05) is 49.5 Å². The van der Waals surface area contributed by atoms with Gasteiger partial charge < -0.3 is 15.1 Å². The first-order chi connectivity index (χ1) is 16.6. The minimum absolute atomic E-state index is 0.515. The lowest BCUT2D eigenvalue weighted by molar-refractivity contribution is 0.313. The molecule has 1 aliphatic rings. The lowest BCUT2D eigenvalue weighted by Gasteiger charge is -2.34. The van der Waals surface area contributed by atoms with Crippen LogP contribution < -0.4 is 10.2 Å². The van der Waals surface area contributed by atoms with E-state index in [0.29, 0.717) is 12.4 Å². The van der Waals surface area contributed by atoms with E-state index < -0.39 is 0 Å². The molecular weight excluding hydrogens is 422 g/mol. The van der Waals surface area contributed by atoms with Crippen LogP contribution in [0.5, 0.6) is 0 Å². The molecule has 7 nitrogen and oxygen atoms in total. The highest BCUT2D eigenvalue weighted by Crippen LogP contribution is 2.28. The van der Waals surface area contributed by atoms with Crippen LogP contribution in [-0.4, -0.2) is 52.7 Å². The molecule has 34 heavy (non-hydrogen) atoms. The van der Waals surface area contributed by atoms with E-state index in [1.54, 1.807) is 0 Å². The fourth-order valence-electron chi connectivity index (χ4n) is 4.53. The Morgan fingerprint density at radius 1 is 1.03 bits per heavy atom. The second-order valence-electron chi connectivity index (χ2n) is 8.92. The van der Waals surface area contributed by atoms with Gasteiger partial charge in [-0.25, -0.2) is 9.50 Å². The van der Waals surface area contributed by atoms with E-state index in [4.69, 9.17) is 10.4 Å². The predicted octanol–water partition coefficient (Wildman–Crippen LogP) is 4.66. The molecule has 1 N–H and O–H groups in total. The van der Waals surface area contributed by atoms with Crippen molar-refractivity contribution in [3.05, 3.63) is 71.9 Å². The molecule has 1 saturated heterocycles. The Morgan fingerprint density at radius 2 is 1.82 bits per heavy atom. The molecule has 1 aliphatic heterocycles. The molecule has 0 saturated carbocycles. The SMILES string of the molecule is Cc1cc2cnc(Nc3ccc(N4CCN(C)CC4)cc3)nn2c1-c1cccc(CCC#N)c1. The number of aryl methyl sites for hydroxylation is 2. The van der Waals surface area contributed by atoms with Crippen molar-refractivity contribution in [3.8, 4) is 17.3 Å². The zero-order valence-corrected chi connectivity index (χ0v) is 19.7. The molecule has 0 atom stereocenters. The quantitative estimate of drug-likeness (QED) is 0.460. The summed E-state index contributed by atoms with van der Waals surface area (Å²) in [7, 11) is 2.17. The summed E-state index contributed by atoms with van der Waals surface area (Å²) >= 11 is 0. The summed E-state index contributed by atoms with van der Waals surface area (Å²) < 4.78 is 1.95. The second kappa shape index (κ2) is 9.54. The van der Waals surface area contributed by atoms with Gasteiger partial charge in [-0.1, -0.05) is 18.2 Å². The van der Waals surface area contributed by atoms with Gasteiger partial charge in [-0.05, 0) is 67.9 Å². The maximum Gasteiger partial charge on any atom is 0.245 e. The topological polar surface area (TPSA) is 72.5 Å². The lowest BCUT2D eigenvalue weighted by Crippen LogP contribution is -2.44. The van der Waals surface area contributed by atoms with Crippen LogP contribution in [0.2, 0.25) is 0 Å². The van der Waals surface area contributed by atoms with Crippen LogP contribution in [0, 0.1) is 18.3 Å². The summed E-state index contributed by atoms with van der Waals surface area (Å²) in [6, 6.07) is 21.2. The van der Waals surface area contributed by atoms with E-state index in [9.17, 15) is 0 Å². The molecule has 1 fully saturated rings. The number of fused-ring (bicyclic) bond motifs is 1. The number of nitrogens with zero attached hydrogens (tertiary/aromatic N) is 6. The summed E-state index contributed by atoms with van der Waals surface area (Å²) in [5.41, 5.74) is 7.59. The molecule has 4 aromatic rings. The molecule has 2 aromatic carbocycles. The minimum Gasteiger partial charge on any atom is -0.369 e. The number of nitrogens with one attached hydrogen (secondary N) is 1. The van der Waals surface area contributed by atoms with Crippen LogP contribution in [-0.2, 0) is 6.42 Å². The molecule has 0 radical (unpaired) electrons. The first-order valence-electron chi connectivity index (χ1n) is 11.7. The summed E-state index contributed by atoms with van der Waals surface area (Å²) in [4.78, 5) is 9.32.